The normalized spacial score (nSPS) is 14.5. The molecule has 0 bridgehead atoms. The van der Waals surface area contributed by atoms with E-state index in [1.807, 2.05) is 12.1 Å². The zero-order valence-electron chi connectivity index (χ0n) is 36.9. The average Bonchev–Trinajstić information content (AvgIpc) is 3.97. The standard InChI is InChI=1S/C63H42N4O/c1-4-13-41(14-5-1)44-23-27-47(28-24-44)61-64-62(48-29-25-45(26-30-48)42-15-6-2-7-16-42)66-63(65-61)51-33-38-58-55(40-51)53-36-37-57-59(60(53)68-58)54-21-10-11-22-56(54)67(57)52-34-31-46(32-35-52)50-20-12-19-49(39-50)43-17-8-3-9-18-43/h1-40,53,60H. The van der Waals surface area contributed by atoms with Crippen molar-refractivity contribution < 1.29 is 4.74 Å². The van der Waals surface area contributed by atoms with Crippen LogP contribution in [0.1, 0.15) is 28.8 Å². The Morgan fingerprint density at radius 3 is 1.40 bits per heavy atom. The minimum Gasteiger partial charge on any atom is -0.484 e. The Labute approximate surface area is 395 Å². The van der Waals surface area contributed by atoms with Gasteiger partial charge in [-0.15, -0.1) is 0 Å². The van der Waals surface area contributed by atoms with E-state index in [4.69, 9.17) is 19.7 Å². The van der Waals surface area contributed by atoms with Gasteiger partial charge in [-0.25, -0.2) is 15.0 Å². The monoisotopic (exact) mass is 870 g/mol. The summed E-state index contributed by atoms with van der Waals surface area (Å²) in [5.41, 5.74) is 17.9. The molecule has 2 aromatic heterocycles. The van der Waals surface area contributed by atoms with Crippen LogP contribution in [0, 0.1) is 0 Å². The van der Waals surface area contributed by atoms with Crippen molar-refractivity contribution in [3.63, 3.8) is 0 Å². The highest BCUT2D eigenvalue weighted by Crippen LogP contribution is 2.53. The van der Waals surface area contributed by atoms with Gasteiger partial charge in [-0.05, 0) is 93.0 Å². The van der Waals surface area contributed by atoms with Crippen LogP contribution in [0.2, 0.25) is 0 Å². The van der Waals surface area contributed by atoms with Crippen LogP contribution >= 0.6 is 0 Å². The van der Waals surface area contributed by atoms with E-state index in [2.05, 4.69) is 235 Å². The Bertz CT molecular complexity index is 3570. The largest absolute Gasteiger partial charge is 0.484 e. The minimum atomic E-state index is -0.192. The lowest BCUT2D eigenvalue weighted by molar-refractivity contribution is 0.224. The second kappa shape index (κ2) is 16.5. The number of hydrogen-bond acceptors (Lipinski definition) is 4. The summed E-state index contributed by atoms with van der Waals surface area (Å²) in [6.45, 7) is 0. The number of para-hydroxylation sites is 1. The fourth-order valence-electron chi connectivity index (χ4n) is 10.1. The number of hydrogen-bond donors (Lipinski definition) is 0. The highest BCUT2D eigenvalue weighted by atomic mass is 16.5. The maximum absolute atomic E-state index is 6.97. The Morgan fingerprint density at radius 2 is 0.809 bits per heavy atom. The maximum atomic E-state index is 6.97. The van der Waals surface area contributed by atoms with Crippen molar-refractivity contribution in [2.75, 3.05) is 0 Å². The van der Waals surface area contributed by atoms with Crippen molar-refractivity contribution in [2.24, 2.45) is 0 Å². The fraction of sp³-hybridized carbons (Fsp3) is 0.0317. The molecule has 0 spiro atoms. The van der Waals surface area contributed by atoms with Gasteiger partial charge in [0.05, 0.1) is 11.2 Å². The second-order valence-electron chi connectivity index (χ2n) is 17.5. The molecule has 0 saturated carbocycles. The molecular weight excluding hydrogens is 829 g/mol. The van der Waals surface area contributed by atoms with Crippen molar-refractivity contribution in [3.05, 3.63) is 253 Å². The van der Waals surface area contributed by atoms with Gasteiger partial charge in [0.25, 0.3) is 0 Å². The molecule has 0 saturated heterocycles. The lowest BCUT2D eigenvalue weighted by atomic mass is 9.85. The number of rotatable bonds is 8. The van der Waals surface area contributed by atoms with Crippen LogP contribution in [0.3, 0.4) is 0 Å². The summed E-state index contributed by atoms with van der Waals surface area (Å²) in [6, 6.07) is 81.2. The molecule has 68 heavy (non-hydrogen) atoms. The van der Waals surface area contributed by atoms with E-state index in [0.29, 0.717) is 17.5 Å². The maximum Gasteiger partial charge on any atom is 0.164 e. The third-order valence-electron chi connectivity index (χ3n) is 13.5. The van der Waals surface area contributed by atoms with Gasteiger partial charge in [-0.1, -0.05) is 194 Å². The summed E-state index contributed by atoms with van der Waals surface area (Å²) in [5, 5.41) is 1.19. The van der Waals surface area contributed by atoms with Crippen molar-refractivity contribution >= 4 is 17.0 Å². The molecular formula is C63H42N4O. The molecule has 0 radical (unpaired) electrons. The van der Waals surface area contributed by atoms with Gasteiger partial charge in [0.2, 0.25) is 0 Å². The summed E-state index contributed by atoms with van der Waals surface area (Å²) < 4.78 is 9.35. The molecule has 3 heterocycles. The Morgan fingerprint density at radius 1 is 0.368 bits per heavy atom. The Balaban J connectivity index is 0.853. The summed E-state index contributed by atoms with van der Waals surface area (Å²) >= 11 is 0. The molecule has 0 N–H and O–H groups in total. The number of nitrogens with zero attached hydrogens (tertiary/aromatic N) is 4. The highest BCUT2D eigenvalue weighted by molar-refractivity contribution is 5.92. The van der Waals surface area contributed by atoms with Crippen molar-refractivity contribution in [3.8, 4) is 90.1 Å². The zero-order valence-corrected chi connectivity index (χ0v) is 36.9. The Kier molecular flexibility index (Phi) is 9.57. The predicted molar refractivity (Wildman–Crippen MR) is 276 cm³/mol. The van der Waals surface area contributed by atoms with Gasteiger partial charge in [0, 0.05) is 44.8 Å². The minimum absolute atomic E-state index is 0.00723. The fourth-order valence-corrected chi connectivity index (χ4v) is 10.1. The number of benzene rings is 9. The first-order chi connectivity index (χ1) is 33.7. The van der Waals surface area contributed by atoms with Gasteiger partial charge >= 0.3 is 0 Å². The SMILES string of the molecule is C1=CC2c3cc(-c4nc(-c5ccc(-c6ccccc6)cc5)nc(-c5ccc(-c6ccccc6)cc5)n4)ccc3OC2c2c1n(-c1ccc(-c3cccc(-c4ccccc4)c3)cc1)c1ccccc21. The third-order valence-corrected chi connectivity index (χ3v) is 13.5. The smallest absolute Gasteiger partial charge is 0.164 e. The lowest BCUT2D eigenvalue weighted by Gasteiger charge is -2.22. The van der Waals surface area contributed by atoms with Crippen molar-refractivity contribution in [2.45, 2.75) is 12.0 Å². The first kappa shape index (κ1) is 39.4. The summed E-state index contributed by atoms with van der Waals surface area (Å²) in [6.07, 6.45) is 4.41. The van der Waals surface area contributed by atoms with Gasteiger partial charge in [-0.2, -0.15) is 0 Å². The molecule has 320 valence electrons. The number of ether oxygens (including phenoxy) is 1. The van der Waals surface area contributed by atoms with E-state index < -0.39 is 0 Å². The van der Waals surface area contributed by atoms with Crippen LogP contribution in [-0.2, 0) is 0 Å². The predicted octanol–water partition coefficient (Wildman–Crippen LogP) is 15.7. The highest BCUT2D eigenvalue weighted by Gasteiger charge is 2.40. The van der Waals surface area contributed by atoms with E-state index in [1.54, 1.807) is 0 Å². The van der Waals surface area contributed by atoms with E-state index in [9.17, 15) is 0 Å². The molecule has 1 aliphatic carbocycles. The third kappa shape index (κ3) is 7.00. The molecule has 2 aliphatic rings. The summed E-state index contributed by atoms with van der Waals surface area (Å²) in [7, 11) is 0. The van der Waals surface area contributed by atoms with Crippen LogP contribution in [0.25, 0.3) is 101 Å². The first-order valence-corrected chi connectivity index (χ1v) is 23.2. The molecule has 1 aliphatic heterocycles. The van der Waals surface area contributed by atoms with Gasteiger partial charge in [0.15, 0.2) is 17.5 Å². The zero-order chi connectivity index (χ0) is 45.0. The summed E-state index contributed by atoms with van der Waals surface area (Å²) in [4.78, 5) is 15.4. The molecule has 11 aromatic rings. The second-order valence-corrected chi connectivity index (χ2v) is 17.5. The molecule has 2 unspecified atom stereocenters. The molecule has 9 aromatic carbocycles. The molecule has 2 atom stereocenters. The van der Waals surface area contributed by atoms with E-state index in [1.165, 1.54) is 33.2 Å². The first-order valence-electron chi connectivity index (χ1n) is 23.2. The van der Waals surface area contributed by atoms with Crippen LogP contribution in [-0.4, -0.2) is 19.5 Å². The quantitative estimate of drug-likeness (QED) is 0.153. The molecule has 13 rings (SSSR count). The molecule has 5 nitrogen and oxygen atoms in total. The Hall–Kier alpha value is -8.93. The van der Waals surface area contributed by atoms with E-state index in [0.717, 1.165) is 67.2 Å². The average molecular weight is 871 g/mol. The topological polar surface area (TPSA) is 52.8 Å². The van der Waals surface area contributed by atoms with Gasteiger partial charge < -0.3 is 9.30 Å². The van der Waals surface area contributed by atoms with Gasteiger partial charge in [0.1, 0.15) is 11.9 Å². The van der Waals surface area contributed by atoms with Crippen molar-refractivity contribution in [1.82, 2.24) is 19.5 Å². The van der Waals surface area contributed by atoms with Crippen LogP contribution in [0.5, 0.6) is 5.75 Å². The molecule has 5 heteroatoms. The van der Waals surface area contributed by atoms with E-state index >= 15 is 0 Å². The molecule has 0 amide bonds. The number of aromatic nitrogens is 4. The van der Waals surface area contributed by atoms with Crippen molar-refractivity contribution in [1.29, 1.82) is 0 Å². The number of fused-ring (bicyclic) bond motifs is 7. The van der Waals surface area contributed by atoms with Crippen LogP contribution in [0.4, 0.5) is 0 Å². The van der Waals surface area contributed by atoms with Crippen LogP contribution in [0.15, 0.2) is 237 Å². The van der Waals surface area contributed by atoms with E-state index in [-0.39, 0.29) is 12.0 Å². The van der Waals surface area contributed by atoms with Crippen LogP contribution < -0.4 is 4.74 Å². The molecule has 0 fully saturated rings. The van der Waals surface area contributed by atoms with Gasteiger partial charge in [-0.3, -0.25) is 0 Å². The summed E-state index contributed by atoms with van der Waals surface area (Å²) in [5.74, 6) is 2.74. The lowest BCUT2D eigenvalue weighted by Crippen LogP contribution is -2.13.